The summed E-state index contributed by atoms with van der Waals surface area (Å²) in [6.07, 6.45) is 3.61. The summed E-state index contributed by atoms with van der Waals surface area (Å²) in [5.74, 6) is 0. The van der Waals surface area contributed by atoms with E-state index in [0.717, 1.165) is 46.0 Å². The van der Waals surface area contributed by atoms with Crippen molar-refractivity contribution in [3.8, 4) is 0 Å². The topological polar surface area (TPSA) is 33.7 Å². The van der Waals surface area contributed by atoms with Crippen LogP contribution in [0.2, 0.25) is 0 Å². The molecule has 3 fully saturated rings. The highest BCUT2D eigenvalue weighted by atomic mass is 35.5. The maximum atomic E-state index is 6.12. The molecule has 0 unspecified atom stereocenters. The van der Waals surface area contributed by atoms with Crippen LogP contribution in [0.25, 0.3) is 0 Å². The summed E-state index contributed by atoms with van der Waals surface area (Å²) in [4.78, 5) is 2.56. The van der Waals surface area contributed by atoms with E-state index in [4.69, 9.17) is 9.47 Å². The van der Waals surface area contributed by atoms with E-state index < -0.39 is 0 Å². The summed E-state index contributed by atoms with van der Waals surface area (Å²) in [6, 6.07) is 0.641. The summed E-state index contributed by atoms with van der Waals surface area (Å²) in [7, 11) is 0. The number of rotatable bonds is 1. The van der Waals surface area contributed by atoms with Crippen molar-refractivity contribution in [1.29, 1.82) is 0 Å². The molecule has 100 valence electrons. The van der Waals surface area contributed by atoms with Crippen molar-refractivity contribution >= 4 is 12.4 Å². The monoisotopic (exact) mass is 262 g/mol. The van der Waals surface area contributed by atoms with Gasteiger partial charge in [-0.2, -0.15) is 0 Å². The van der Waals surface area contributed by atoms with E-state index in [1.54, 1.807) is 0 Å². The Bertz CT molecular complexity index is 241. The minimum Gasteiger partial charge on any atom is -0.379 e. The number of piperidine rings is 1. The fourth-order valence-electron chi connectivity index (χ4n) is 3.23. The van der Waals surface area contributed by atoms with Crippen molar-refractivity contribution in [1.82, 2.24) is 10.2 Å². The van der Waals surface area contributed by atoms with Gasteiger partial charge in [0.1, 0.15) is 0 Å². The molecule has 17 heavy (non-hydrogen) atoms. The van der Waals surface area contributed by atoms with Gasteiger partial charge in [0.2, 0.25) is 0 Å². The molecule has 4 nitrogen and oxygen atoms in total. The molecule has 1 spiro atoms. The minimum absolute atomic E-state index is 0. The third kappa shape index (κ3) is 2.93. The second-order valence-corrected chi connectivity index (χ2v) is 5.25. The minimum atomic E-state index is 0. The van der Waals surface area contributed by atoms with Crippen molar-refractivity contribution < 1.29 is 9.47 Å². The number of nitrogens with one attached hydrogen (secondary N) is 1. The molecule has 0 aliphatic carbocycles. The third-order valence-corrected chi connectivity index (χ3v) is 4.27. The maximum absolute atomic E-state index is 6.12. The quantitative estimate of drug-likeness (QED) is 0.753. The van der Waals surface area contributed by atoms with Crippen LogP contribution < -0.4 is 5.32 Å². The first kappa shape index (κ1) is 13.6. The molecule has 5 heteroatoms. The number of morpholine rings is 1. The first-order chi connectivity index (χ1) is 7.88. The van der Waals surface area contributed by atoms with Gasteiger partial charge in [0.25, 0.3) is 0 Å². The molecular weight excluding hydrogens is 240 g/mol. The van der Waals surface area contributed by atoms with Gasteiger partial charge in [0, 0.05) is 19.1 Å². The number of nitrogens with zero attached hydrogens (tertiary/aromatic N) is 1. The molecule has 0 bridgehead atoms. The molecule has 0 aromatic rings. The molecule has 0 aromatic carbocycles. The highest BCUT2D eigenvalue weighted by molar-refractivity contribution is 5.85. The standard InChI is InChI=1S/C12H22N2O2.ClH/c1-3-13-4-2-12(1)9-11(10-16-12)14-5-7-15-8-6-14;/h11,13H,1-10H2;1H/t11-;/m0./s1. The van der Waals surface area contributed by atoms with E-state index in [1.807, 2.05) is 0 Å². The van der Waals surface area contributed by atoms with E-state index in [2.05, 4.69) is 10.2 Å². The molecule has 0 aromatic heterocycles. The fourth-order valence-corrected chi connectivity index (χ4v) is 3.23. The lowest BCUT2D eigenvalue weighted by Crippen LogP contribution is -2.46. The lowest BCUT2D eigenvalue weighted by molar-refractivity contribution is -0.0221. The van der Waals surface area contributed by atoms with E-state index in [1.165, 1.54) is 19.3 Å². The molecule has 0 amide bonds. The van der Waals surface area contributed by atoms with E-state index in [0.29, 0.717) is 6.04 Å². The van der Waals surface area contributed by atoms with Crippen LogP contribution in [0.1, 0.15) is 19.3 Å². The lowest BCUT2D eigenvalue weighted by atomic mass is 9.88. The summed E-state index contributed by atoms with van der Waals surface area (Å²) < 4.78 is 11.5. The molecule has 3 aliphatic heterocycles. The van der Waals surface area contributed by atoms with E-state index in [9.17, 15) is 0 Å². The zero-order valence-corrected chi connectivity index (χ0v) is 11.1. The zero-order valence-electron chi connectivity index (χ0n) is 10.3. The van der Waals surface area contributed by atoms with Crippen LogP contribution in [0, 0.1) is 0 Å². The van der Waals surface area contributed by atoms with Crippen LogP contribution in [0.3, 0.4) is 0 Å². The highest BCUT2D eigenvalue weighted by Crippen LogP contribution is 2.36. The maximum Gasteiger partial charge on any atom is 0.0723 e. The van der Waals surface area contributed by atoms with Crippen LogP contribution in [0.4, 0.5) is 0 Å². The average Bonchev–Trinajstić information content (AvgIpc) is 2.75. The van der Waals surface area contributed by atoms with Crippen molar-refractivity contribution in [3.63, 3.8) is 0 Å². The van der Waals surface area contributed by atoms with Crippen molar-refractivity contribution in [2.75, 3.05) is 46.0 Å². The Morgan fingerprint density at radius 1 is 1.12 bits per heavy atom. The molecule has 1 N–H and O–H groups in total. The van der Waals surface area contributed by atoms with Gasteiger partial charge >= 0.3 is 0 Å². The highest BCUT2D eigenvalue weighted by Gasteiger charge is 2.43. The summed E-state index contributed by atoms with van der Waals surface area (Å²) >= 11 is 0. The SMILES string of the molecule is C1CC2(CCN1)C[C@H](N1CCOCC1)CO2.Cl. The van der Waals surface area contributed by atoms with E-state index in [-0.39, 0.29) is 18.0 Å². The van der Waals surface area contributed by atoms with Crippen molar-refractivity contribution in [2.24, 2.45) is 0 Å². The molecule has 3 heterocycles. The van der Waals surface area contributed by atoms with Gasteiger partial charge in [0.15, 0.2) is 0 Å². The van der Waals surface area contributed by atoms with Crippen LogP contribution in [0.15, 0.2) is 0 Å². The average molecular weight is 263 g/mol. The van der Waals surface area contributed by atoms with Crippen LogP contribution in [0.5, 0.6) is 0 Å². The number of ether oxygens (including phenoxy) is 2. The first-order valence-corrected chi connectivity index (χ1v) is 6.55. The number of halogens is 1. The van der Waals surface area contributed by atoms with Gasteiger partial charge in [0.05, 0.1) is 25.4 Å². The van der Waals surface area contributed by atoms with Crippen LogP contribution in [-0.4, -0.2) is 62.5 Å². The second kappa shape index (κ2) is 5.85. The Morgan fingerprint density at radius 2 is 1.82 bits per heavy atom. The lowest BCUT2D eigenvalue weighted by Gasteiger charge is -2.35. The number of hydrogen-bond acceptors (Lipinski definition) is 4. The van der Waals surface area contributed by atoms with Gasteiger partial charge < -0.3 is 14.8 Å². The van der Waals surface area contributed by atoms with Gasteiger partial charge in [-0.1, -0.05) is 0 Å². The molecule has 3 saturated heterocycles. The van der Waals surface area contributed by atoms with Gasteiger partial charge in [-0.05, 0) is 32.4 Å². The molecule has 1 atom stereocenters. The molecule has 3 aliphatic rings. The summed E-state index contributed by atoms with van der Waals surface area (Å²) in [6.45, 7) is 7.13. The fraction of sp³-hybridized carbons (Fsp3) is 1.00. The number of hydrogen-bond donors (Lipinski definition) is 1. The predicted molar refractivity (Wildman–Crippen MR) is 68.8 cm³/mol. The van der Waals surface area contributed by atoms with Gasteiger partial charge in [-0.15, -0.1) is 12.4 Å². The summed E-state index contributed by atoms with van der Waals surface area (Å²) in [5, 5.41) is 3.42. The Kier molecular flexibility index (Phi) is 4.66. The van der Waals surface area contributed by atoms with Crippen molar-refractivity contribution in [2.45, 2.75) is 30.9 Å². The molecule has 0 saturated carbocycles. The normalized spacial score (nSPS) is 33.5. The molecule has 3 rings (SSSR count). The second-order valence-electron chi connectivity index (χ2n) is 5.25. The van der Waals surface area contributed by atoms with Crippen molar-refractivity contribution in [3.05, 3.63) is 0 Å². The molecular formula is C12H23ClN2O2. The zero-order chi connectivity index (χ0) is 10.8. The Balaban J connectivity index is 0.00000108. The van der Waals surface area contributed by atoms with Crippen LogP contribution in [-0.2, 0) is 9.47 Å². The molecule has 0 radical (unpaired) electrons. The Morgan fingerprint density at radius 3 is 2.53 bits per heavy atom. The largest absolute Gasteiger partial charge is 0.379 e. The van der Waals surface area contributed by atoms with Gasteiger partial charge in [-0.25, -0.2) is 0 Å². The Labute approximate surface area is 109 Å². The van der Waals surface area contributed by atoms with Gasteiger partial charge in [-0.3, -0.25) is 4.90 Å². The smallest absolute Gasteiger partial charge is 0.0723 e. The van der Waals surface area contributed by atoms with Crippen LogP contribution >= 0.6 is 12.4 Å². The predicted octanol–water partition coefficient (Wildman–Crippen LogP) is 0.651. The van der Waals surface area contributed by atoms with E-state index >= 15 is 0 Å². The summed E-state index contributed by atoms with van der Waals surface area (Å²) in [5.41, 5.74) is 0.203. The first-order valence-electron chi connectivity index (χ1n) is 6.55. The third-order valence-electron chi connectivity index (χ3n) is 4.27. The Hall–Kier alpha value is 0.130.